The van der Waals surface area contributed by atoms with Crippen molar-refractivity contribution in [2.45, 2.75) is 19.6 Å². The molecule has 0 atom stereocenters. The lowest BCUT2D eigenvalue weighted by molar-refractivity contribution is -0.138. The molecule has 0 aliphatic heterocycles. The van der Waals surface area contributed by atoms with Crippen molar-refractivity contribution in [2.75, 3.05) is 5.32 Å². The van der Waals surface area contributed by atoms with E-state index in [4.69, 9.17) is 0 Å². The zero-order valence-corrected chi connectivity index (χ0v) is 12.0. The highest BCUT2D eigenvalue weighted by Crippen LogP contribution is 2.32. The number of aryl methyl sites for hydroxylation is 1. The molecule has 0 radical (unpaired) electrons. The molecule has 0 aliphatic carbocycles. The number of amides is 2. The lowest BCUT2D eigenvalue weighted by Crippen LogP contribution is -2.29. The van der Waals surface area contributed by atoms with Crippen molar-refractivity contribution in [1.29, 1.82) is 0 Å². The fraction of sp³-hybridized carbons (Fsp3) is 0.250. The molecule has 5 nitrogen and oxygen atoms in total. The van der Waals surface area contributed by atoms with Crippen molar-refractivity contribution in [2.24, 2.45) is 0 Å². The molecule has 0 unspecified atom stereocenters. The molecule has 0 fully saturated rings. The number of aromatic nitrogens is 2. The number of carbonyl (C=O) groups excluding carboxylic acids is 1. The van der Waals surface area contributed by atoms with Gasteiger partial charge in [-0.1, -0.05) is 17.4 Å². The molecule has 1 heterocycles. The lowest BCUT2D eigenvalue weighted by atomic mass is 10.1. The fourth-order valence-electron chi connectivity index (χ4n) is 1.63. The van der Waals surface area contributed by atoms with Crippen LogP contribution in [0, 0.1) is 12.7 Å². The molecule has 1 aromatic carbocycles. The number of anilines is 1. The van der Waals surface area contributed by atoms with Crippen molar-refractivity contribution >= 4 is 22.5 Å². The standard InChI is InChI=1S/C12H10F4N4OS/c1-6-19-20-11(22-6)18-10(21)17-5-7-2-3-8(13)4-9(7)12(14,15)16/h2-4H,5H2,1H3,(H2,17,18,20,21). The smallest absolute Gasteiger partial charge is 0.334 e. The van der Waals surface area contributed by atoms with Crippen LogP contribution < -0.4 is 10.6 Å². The van der Waals surface area contributed by atoms with Gasteiger partial charge in [-0.25, -0.2) is 9.18 Å². The van der Waals surface area contributed by atoms with Gasteiger partial charge in [0, 0.05) is 6.54 Å². The average Bonchev–Trinajstić information content (AvgIpc) is 2.81. The summed E-state index contributed by atoms with van der Waals surface area (Å²) in [6.07, 6.45) is -4.70. The number of hydrogen-bond donors (Lipinski definition) is 2. The minimum Gasteiger partial charge on any atom is -0.334 e. The van der Waals surface area contributed by atoms with E-state index in [9.17, 15) is 22.4 Å². The van der Waals surface area contributed by atoms with Crippen LogP contribution >= 0.6 is 11.3 Å². The van der Waals surface area contributed by atoms with Crippen molar-refractivity contribution in [3.8, 4) is 0 Å². The van der Waals surface area contributed by atoms with Gasteiger partial charge in [0.1, 0.15) is 10.8 Å². The number of benzene rings is 1. The molecule has 2 amide bonds. The summed E-state index contributed by atoms with van der Waals surface area (Å²) < 4.78 is 51.3. The van der Waals surface area contributed by atoms with E-state index in [0.29, 0.717) is 11.1 Å². The minimum atomic E-state index is -4.70. The number of rotatable bonds is 3. The Hall–Kier alpha value is -2.23. The predicted molar refractivity (Wildman–Crippen MR) is 71.9 cm³/mol. The maximum absolute atomic E-state index is 13.0. The molecule has 0 saturated carbocycles. The summed E-state index contributed by atoms with van der Waals surface area (Å²) in [6.45, 7) is 1.29. The predicted octanol–water partition coefficient (Wildman–Crippen LogP) is 3.33. The van der Waals surface area contributed by atoms with E-state index in [2.05, 4.69) is 20.8 Å². The van der Waals surface area contributed by atoms with Gasteiger partial charge in [0.05, 0.1) is 5.56 Å². The second-order valence-corrected chi connectivity index (χ2v) is 5.41. The number of alkyl halides is 3. The van der Waals surface area contributed by atoms with Crippen molar-refractivity contribution in [3.63, 3.8) is 0 Å². The van der Waals surface area contributed by atoms with Gasteiger partial charge < -0.3 is 5.32 Å². The summed E-state index contributed by atoms with van der Waals surface area (Å²) in [5.41, 5.74) is -1.36. The lowest BCUT2D eigenvalue weighted by Gasteiger charge is -2.13. The summed E-state index contributed by atoms with van der Waals surface area (Å²) >= 11 is 1.12. The van der Waals surface area contributed by atoms with Gasteiger partial charge in [-0.05, 0) is 24.6 Å². The molecule has 0 bridgehead atoms. The van der Waals surface area contributed by atoms with Gasteiger partial charge in [-0.2, -0.15) is 13.2 Å². The number of nitrogens with one attached hydrogen (secondary N) is 2. The molecule has 2 aromatic rings. The van der Waals surface area contributed by atoms with Gasteiger partial charge in [0.25, 0.3) is 0 Å². The van der Waals surface area contributed by atoms with Crippen LogP contribution in [0.4, 0.5) is 27.5 Å². The molecule has 1 aromatic heterocycles. The highest BCUT2D eigenvalue weighted by Gasteiger charge is 2.33. The number of hydrogen-bond acceptors (Lipinski definition) is 4. The van der Waals surface area contributed by atoms with E-state index in [-0.39, 0.29) is 10.7 Å². The van der Waals surface area contributed by atoms with E-state index in [0.717, 1.165) is 23.5 Å². The van der Waals surface area contributed by atoms with Gasteiger partial charge in [0.15, 0.2) is 0 Å². The first-order valence-corrected chi connectivity index (χ1v) is 6.78. The molecule has 0 spiro atoms. The van der Waals surface area contributed by atoms with Crippen LogP contribution in [0.15, 0.2) is 18.2 Å². The van der Waals surface area contributed by atoms with Gasteiger partial charge >= 0.3 is 12.2 Å². The van der Waals surface area contributed by atoms with Gasteiger partial charge in [0.2, 0.25) is 5.13 Å². The molecule has 2 N–H and O–H groups in total. The first-order valence-electron chi connectivity index (χ1n) is 5.96. The Morgan fingerprint density at radius 3 is 2.64 bits per heavy atom. The summed E-state index contributed by atoms with van der Waals surface area (Å²) in [7, 11) is 0. The van der Waals surface area contributed by atoms with Crippen LogP contribution in [0.5, 0.6) is 0 Å². The highest BCUT2D eigenvalue weighted by atomic mass is 32.1. The van der Waals surface area contributed by atoms with Crippen LogP contribution in [-0.4, -0.2) is 16.2 Å². The van der Waals surface area contributed by atoms with Crippen LogP contribution in [-0.2, 0) is 12.7 Å². The van der Waals surface area contributed by atoms with Crippen molar-refractivity contribution in [3.05, 3.63) is 40.2 Å². The fourth-order valence-corrected chi connectivity index (χ4v) is 2.22. The number of carbonyl (C=O) groups is 1. The maximum atomic E-state index is 13.0. The molecule has 22 heavy (non-hydrogen) atoms. The molecule has 118 valence electrons. The molecule has 2 rings (SSSR count). The highest BCUT2D eigenvalue weighted by molar-refractivity contribution is 7.15. The Bertz CT molecular complexity index is 686. The van der Waals surface area contributed by atoms with Crippen molar-refractivity contribution in [1.82, 2.24) is 15.5 Å². The van der Waals surface area contributed by atoms with E-state index in [1.165, 1.54) is 0 Å². The molecular formula is C12H10F4N4OS. The Morgan fingerprint density at radius 1 is 1.32 bits per heavy atom. The van der Waals surface area contributed by atoms with Crippen LogP contribution in [0.1, 0.15) is 16.1 Å². The molecule has 0 aliphatic rings. The van der Waals surface area contributed by atoms with Gasteiger partial charge in [-0.15, -0.1) is 10.2 Å². The number of halogens is 4. The summed E-state index contributed by atoms with van der Waals surface area (Å²) in [5, 5.41) is 12.8. The third-order valence-corrected chi connectivity index (χ3v) is 3.32. The normalized spacial score (nSPS) is 11.3. The summed E-state index contributed by atoms with van der Waals surface area (Å²) in [6, 6.07) is 1.54. The Labute approximate surface area is 126 Å². The van der Waals surface area contributed by atoms with E-state index >= 15 is 0 Å². The first kappa shape index (κ1) is 16.1. The topological polar surface area (TPSA) is 66.9 Å². The van der Waals surface area contributed by atoms with Crippen LogP contribution in [0.25, 0.3) is 0 Å². The molecule has 0 saturated heterocycles. The van der Waals surface area contributed by atoms with Crippen LogP contribution in [0.2, 0.25) is 0 Å². The van der Waals surface area contributed by atoms with Crippen molar-refractivity contribution < 1.29 is 22.4 Å². The quantitative estimate of drug-likeness (QED) is 0.846. The zero-order chi connectivity index (χ0) is 16.3. The average molecular weight is 334 g/mol. The summed E-state index contributed by atoms with van der Waals surface area (Å²) in [5.74, 6) is -0.995. The molecular weight excluding hydrogens is 324 g/mol. The Morgan fingerprint density at radius 2 is 2.05 bits per heavy atom. The van der Waals surface area contributed by atoms with Crippen LogP contribution in [0.3, 0.4) is 0 Å². The maximum Gasteiger partial charge on any atom is 0.416 e. The third-order valence-electron chi connectivity index (χ3n) is 2.56. The largest absolute Gasteiger partial charge is 0.416 e. The minimum absolute atomic E-state index is 0.227. The number of urea groups is 1. The van der Waals surface area contributed by atoms with Gasteiger partial charge in [-0.3, -0.25) is 5.32 Å². The SMILES string of the molecule is Cc1nnc(NC(=O)NCc2ccc(F)cc2C(F)(F)F)s1. The number of nitrogens with zero attached hydrogens (tertiary/aromatic N) is 2. The monoisotopic (exact) mass is 334 g/mol. The second-order valence-electron chi connectivity index (χ2n) is 4.23. The summed E-state index contributed by atoms with van der Waals surface area (Å²) in [4.78, 5) is 11.6. The second kappa shape index (κ2) is 6.26. The zero-order valence-electron chi connectivity index (χ0n) is 11.2. The first-order chi connectivity index (χ1) is 10.3. The van der Waals surface area contributed by atoms with E-state index < -0.39 is 30.1 Å². The van der Waals surface area contributed by atoms with E-state index in [1.54, 1.807) is 6.92 Å². The Kier molecular flexibility index (Phi) is 4.59. The third kappa shape index (κ3) is 4.13. The van der Waals surface area contributed by atoms with E-state index in [1.807, 2.05) is 0 Å². The Balaban J connectivity index is 2.03. The molecule has 10 heteroatoms.